The number of aliphatic hydroxyl groups excluding tert-OH is 2. The van der Waals surface area contributed by atoms with E-state index in [4.69, 9.17) is 10.8 Å². The minimum absolute atomic E-state index is 0.0523. The number of rotatable bonds is 5. The van der Waals surface area contributed by atoms with Crippen molar-refractivity contribution in [3.05, 3.63) is 12.7 Å². The van der Waals surface area contributed by atoms with Gasteiger partial charge in [0.25, 0.3) is 5.95 Å². The zero-order chi connectivity index (χ0) is 13.0. The number of anilines is 1. The predicted octanol–water partition coefficient (Wildman–Crippen LogP) is -1.52. The van der Waals surface area contributed by atoms with E-state index in [1.807, 2.05) is 0 Å². The summed E-state index contributed by atoms with van der Waals surface area (Å²) in [6.07, 6.45) is 1.96. The Labute approximate surface area is 106 Å². The van der Waals surface area contributed by atoms with Crippen LogP contribution in [-0.2, 0) is 0 Å². The van der Waals surface area contributed by atoms with E-state index < -0.39 is 6.10 Å². The number of hydrogen-bond acceptors (Lipinski definition) is 9. The summed E-state index contributed by atoms with van der Waals surface area (Å²) in [7, 11) is 0. The number of hydrogen-bond donors (Lipinski definition) is 3. The second kappa shape index (κ2) is 5.71. The first-order valence-corrected chi connectivity index (χ1v) is 5.96. The molecule has 0 radical (unpaired) electrons. The number of aliphatic hydroxyl groups is 2. The van der Waals surface area contributed by atoms with Crippen LogP contribution in [0.4, 0.5) is 5.95 Å². The molecule has 96 valence electrons. The minimum atomic E-state index is -0.831. The third-order valence-electron chi connectivity index (χ3n) is 1.86. The Bertz CT molecular complexity index is 506. The van der Waals surface area contributed by atoms with E-state index >= 15 is 0 Å². The van der Waals surface area contributed by atoms with Crippen LogP contribution in [0.15, 0.2) is 17.8 Å². The van der Waals surface area contributed by atoms with Crippen molar-refractivity contribution in [2.24, 2.45) is 0 Å². The smallest absolute Gasteiger partial charge is 0.257 e. The molecule has 0 aliphatic carbocycles. The number of aromatic nitrogens is 6. The standard InChI is InChI=1S/C8H11N7O2S/c9-6-12-7(15-4-10-3-11-15)14-8(13-6)18-2-5(17)1-16/h3-5,16-17H,1-2H2,(H2,9,12,13,14). The summed E-state index contributed by atoms with van der Waals surface area (Å²) in [5, 5.41) is 22.2. The molecule has 0 aliphatic rings. The van der Waals surface area contributed by atoms with Gasteiger partial charge >= 0.3 is 0 Å². The molecule has 0 bridgehead atoms. The van der Waals surface area contributed by atoms with Crippen LogP contribution in [0.5, 0.6) is 0 Å². The van der Waals surface area contributed by atoms with Gasteiger partial charge in [-0.05, 0) is 0 Å². The number of nitrogens with zero attached hydrogens (tertiary/aromatic N) is 6. The second-order valence-corrected chi connectivity index (χ2v) is 4.25. The molecule has 2 aromatic rings. The van der Waals surface area contributed by atoms with Crippen LogP contribution in [0.2, 0.25) is 0 Å². The quantitative estimate of drug-likeness (QED) is 0.552. The van der Waals surface area contributed by atoms with E-state index in [0.717, 1.165) is 11.8 Å². The van der Waals surface area contributed by atoms with E-state index in [1.165, 1.54) is 17.3 Å². The summed E-state index contributed by atoms with van der Waals surface area (Å²) in [5.41, 5.74) is 5.56. The maximum absolute atomic E-state index is 9.24. The van der Waals surface area contributed by atoms with Gasteiger partial charge in [0, 0.05) is 5.75 Å². The van der Waals surface area contributed by atoms with Crippen LogP contribution >= 0.6 is 11.8 Å². The van der Waals surface area contributed by atoms with Gasteiger partial charge in [0.2, 0.25) is 5.95 Å². The first kappa shape index (κ1) is 12.7. The molecule has 9 nitrogen and oxygen atoms in total. The molecule has 0 aliphatic heterocycles. The van der Waals surface area contributed by atoms with Crippen LogP contribution < -0.4 is 5.73 Å². The fourth-order valence-electron chi connectivity index (χ4n) is 1.06. The summed E-state index contributed by atoms with van der Waals surface area (Å²) in [6.45, 7) is -0.316. The van der Waals surface area contributed by atoms with E-state index in [-0.39, 0.29) is 24.3 Å². The highest BCUT2D eigenvalue weighted by Gasteiger charge is 2.09. The minimum Gasteiger partial charge on any atom is -0.394 e. The molecule has 2 aromatic heterocycles. The molecule has 2 rings (SSSR count). The molecule has 10 heteroatoms. The van der Waals surface area contributed by atoms with Gasteiger partial charge < -0.3 is 15.9 Å². The van der Waals surface area contributed by atoms with Crippen molar-refractivity contribution >= 4 is 17.7 Å². The first-order chi connectivity index (χ1) is 8.69. The molecule has 18 heavy (non-hydrogen) atoms. The average Bonchev–Trinajstić information content (AvgIpc) is 2.89. The van der Waals surface area contributed by atoms with Gasteiger partial charge in [0.05, 0.1) is 12.7 Å². The van der Waals surface area contributed by atoms with Crippen LogP contribution in [0, 0.1) is 0 Å². The molecule has 4 N–H and O–H groups in total. The lowest BCUT2D eigenvalue weighted by Gasteiger charge is -2.06. The van der Waals surface area contributed by atoms with Crippen LogP contribution in [0.25, 0.3) is 5.95 Å². The highest BCUT2D eigenvalue weighted by atomic mass is 32.2. The van der Waals surface area contributed by atoms with E-state index in [2.05, 4.69) is 25.0 Å². The lowest BCUT2D eigenvalue weighted by atomic mass is 10.4. The van der Waals surface area contributed by atoms with Gasteiger partial charge in [-0.2, -0.15) is 24.7 Å². The summed E-state index contributed by atoms with van der Waals surface area (Å²) in [4.78, 5) is 15.7. The topological polar surface area (TPSA) is 136 Å². The maximum atomic E-state index is 9.24. The van der Waals surface area contributed by atoms with Gasteiger partial charge in [-0.1, -0.05) is 11.8 Å². The van der Waals surface area contributed by atoms with Gasteiger partial charge in [-0.3, -0.25) is 0 Å². The van der Waals surface area contributed by atoms with E-state index in [9.17, 15) is 5.11 Å². The molecule has 0 saturated heterocycles. The van der Waals surface area contributed by atoms with Crippen molar-refractivity contribution in [3.8, 4) is 5.95 Å². The number of thioether (sulfide) groups is 1. The maximum Gasteiger partial charge on any atom is 0.257 e. The Morgan fingerprint density at radius 1 is 1.39 bits per heavy atom. The molecule has 1 unspecified atom stereocenters. The molecule has 1 atom stereocenters. The molecular weight excluding hydrogens is 258 g/mol. The Hall–Kier alpha value is -1.78. The summed E-state index contributed by atoms with van der Waals surface area (Å²) in [6, 6.07) is 0. The summed E-state index contributed by atoms with van der Waals surface area (Å²) >= 11 is 1.16. The highest BCUT2D eigenvalue weighted by Crippen LogP contribution is 2.15. The predicted molar refractivity (Wildman–Crippen MR) is 63.0 cm³/mol. The monoisotopic (exact) mass is 269 g/mol. The Morgan fingerprint density at radius 3 is 2.89 bits per heavy atom. The van der Waals surface area contributed by atoms with Crippen molar-refractivity contribution in [2.75, 3.05) is 18.1 Å². The summed E-state index contributed by atoms with van der Waals surface area (Å²) < 4.78 is 1.35. The molecule has 0 amide bonds. The number of nitrogens with two attached hydrogens (primary N) is 1. The van der Waals surface area contributed by atoms with Crippen LogP contribution in [0.1, 0.15) is 0 Å². The van der Waals surface area contributed by atoms with E-state index in [0.29, 0.717) is 5.16 Å². The Kier molecular flexibility index (Phi) is 4.02. The molecule has 0 spiro atoms. The van der Waals surface area contributed by atoms with Crippen molar-refractivity contribution < 1.29 is 10.2 Å². The normalized spacial score (nSPS) is 12.6. The summed E-state index contributed by atoms with van der Waals surface area (Å²) in [5.74, 6) is 0.564. The first-order valence-electron chi connectivity index (χ1n) is 4.97. The van der Waals surface area contributed by atoms with Gasteiger partial charge in [-0.25, -0.2) is 4.98 Å². The van der Waals surface area contributed by atoms with Gasteiger partial charge in [0.1, 0.15) is 12.7 Å². The molecular formula is C8H11N7O2S. The Morgan fingerprint density at radius 2 is 2.22 bits per heavy atom. The molecule has 0 aromatic carbocycles. The average molecular weight is 269 g/mol. The molecule has 0 saturated carbocycles. The zero-order valence-corrected chi connectivity index (χ0v) is 10.0. The van der Waals surface area contributed by atoms with Crippen LogP contribution in [0.3, 0.4) is 0 Å². The van der Waals surface area contributed by atoms with Crippen molar-refractivity contribution in [2.45, 2.75) is 11.3 Å². The second-order valence-electron chi connectivity index (χ2n) is 3.26. The van der Waals surface area contributed by atoms with E-state index in [1.54, 1.807) is 0 Å². The SMILES string of the molecule is Nc1nc(SCC(O)CO)nc(-n2cncn2)n1. The van der Waals surface area contributed by atoms with Gasteiger partial charge in [0.15, 0.2) is 5.16 Å². The lowest BCUT2D eigenvalue weighted by molar-refractivity contribution is 0.113. The fourth-order valence-corrected chi connectivity index (χ4v) is 1.81. The molecule has 2 heterocycles. The third-order valence-corrected chi connectivity index (χ3v) is 2.85. The number of nitrogen functional groups attached to an aromatic ring is 1. The molecule has 0 fully saturated rings. The Balaban J connectivity index is 2.17. The van der Waals surface area contributed by atoms with Crippen molar-refractivity contribution in [3.63, 3.8) is 0 Å². The largest absolute Gasteiger partial charge is 0.394 e. The third kappa shape index (κ3) is 3.12. The lowest BCUT2D eigenvalue weighted by Crippen LogP contribution is -2.15. The van der Waals surface area contributed by atoms with Crippen LogP contribution in [-0.4, -0.2) is 58.4 Å². The fraction of sp³-hybridized carbons (Fsp3) is 0.375. The zero-order valence-electron chi connectivity index (χ0n) is 9.21. The highest BCUT2D eigenvalue weighted by molar-refractivity contribution is 7.99. The van der Waals surface area contributed by atoms with Crippen molar-refractivity contribution in [1.82, 2.24) is 29.7 Å². The van der Waals surface area contributed by atoms with Gasteiger partial charge in [-0.15, -0.1) is 0 Å². The van der Waals surface area contributed by atoms with Crippen molar-refractivity contribution in [1.29, 1.82) is 0 Å².